The summed E-state index contributed by atoms with van der Waals surface area (Å²) in [5.41, 5.74) is 6.04. The highest BCUT2D eigenvalue weighted by Gasteiger charge is 2.34. The Morgan fingerprint density at radius 3 is 2.33 bits per heavy atom. The number of nitrogens with two attached hydrogens (primary N) is 1. The molecule has 2 amide bonds. The summed E-state index contributed by atoms with van der Waals surface area (Å²) in [6, 6.07) is 9.51. The molecule has 1 heterocycles. The van der Waals surface area contributed by atoms with Gasteiger partial charge in [0, 0.05) is 30.3 Å². The lowest BCUT2D eigenvalue weighted by Crippen LogP contribution is -2.41. The van der Waals surface area contributed by atoms with Crippen molar-refractivity contribution in [3.63, 3.8) is 0 Å². The first kappa shape index (κ1) is 21.7. The lowest BCUT2D eigenvalue weighted by atomic mass is 9.97. The van der Waals surface area contributed by atoms with Crippen LogP contribution >= 0.6 is 0 Å². The molecule has 0 aliphatic carbocycles. The molecule has 1 saturated heterocycles. The third kappa shape index (κ3) is 4.60. The molecule has 0 saturated carbocycles. The molecule has 2 aromatic rings. The maximum Gasteiger partial charge on any atom is 0.248 e. The van der Waals surface area contributed by atoms with E-state index in [0.29, 0.717) is 24.1 Å². The van der Waals surface area contributed by atoms with Crippen molar-refractivity contribution in [2.45, 2.75) is 17.7 Å². The van der Waals surface area contributed by atoms with Gasteiger partial charge in [-0.25, -0.2) is 12.8 Å². The number of rotatable bonds is 6. The molecule has 160 valence electrons. The van der Waals surface area contributed by atoms with Gasteiger partial charge in [-0.3, -0.25) is 9.59 Å². The fourth-order valence-corrected chi connectivity index (χ4v) is 4.95. The Morgan fingerprint density at radius 2 is 1.77 bits per heavy atom. The standard InChI is InChI=1S/C20H22FN3O5S/c1-29-17-7-4-15(21)12-18(17)30(27,28)24-10-8-14(9-11-24)20(26)23-16-5-2-13(3-6-16)19(22)25/h2-7,12,14H,8-11H2,1H3,(H2,22,25)(H,23,26). The number of carbonyl (C=O) groups excluding carboxylic acids is 2. The van der Waals surface area contributed by atoms with E-state index in [2.05, 4.69) is 5.32 Å². The zero-order valence-corrected chi connectivity index (χ0v) is 17.1. The number of halogens is 1. The first-order chi connectivity index (χ1) is 14.2. The summed E-state index contributed by atoms with van der Waals surface area (Å²) < 4.78 is 45.7. The second-order valence-corrected chi connectivity index (χ2v) is 8.81. The molecule has 2 aromatic carbocycles. The number of amides is 2. The number of nitrogens with one attached hydrogen (secondary N) is 1. The van der Waals surface area contributed by atoms with Crippen LogP contribution < -0.4 is 15.8 Å². The van der Waals surface area contributed by atoms with E-state index in [4.69, 9.17) is 10.5 Å². The lowest BCUT2D eigenvalue weighted by Gasteiger charge is -2.30. The van der Waals surface area contributed by atoms with Gasteiger partial charge in [-0.2, -0.15) is 4.31 Å². The zero-order valence-electron chi connectivity index (χ0n) is 16.3. The van der Waals surface area contributed by atoms with Gasteiger partial charge >= 0.3 is 0 Å². The monoisotopic (exact) mass is 435 g/mol. The minimum atomic E-state index is -3.96. The van der Waals surface area contributed by atoms with Gasteiger partial charge in [0.1, 0.15) is 16.5 Å². The van der Waals surface area contributed by atoms with Gasteiger partial charge < -0.3 is 15.8 Å². The number of benzene rings is 2. The molecule has 0 atom stereocenters. The number of ether oxygens (including phenoxy) is 1. The Morgan fingerprint density at radius 1 is 1.13 bits per heavy atom. The minimum Gasteiger partial charge on any atom is -0.495 e. The van der Waals surface area contributed by atoms with Crippen molar-refractivity contribution in [1.29, 1.82) is 0 Å². The molecule has 0 aromatic heterocycles. The Kier molecular flexibility index (Phi) is 6.37. The van der Waals surface area contributed by atoms with Gasteiger partial charge in [0.15, 0.2) is 0 Å². The van der Waals surface area contributed by atoms with Gasteiger partial charge in [-0.15, -0.1) is 0 Å². The fourth-order valence-electron chi connectivity index (χ4n) is 3.31. The summed E-state index contributed by atoms with van der Waals surface area (Å²) in [6.45, 7) is 0.251. The molecule has 0 unspecified atom stereocenters. The average Bonchev–Trinajstić information content (AvgIpc) is 2.74. The number of methoxy groups -OCH3 is 1. The molecular weight excluding hydrogens is 413 g/mol. The Hall–Kier alpha value is -2.98. The molecule has 10 heteroatoms. The number of carbonyl (C=O) groups is 2. The highest BCUT2D eigenvalue weighted by Crippen LogP contribution is 2.30. The molecule has 3 N–H and O–H groups in total. The van der Waals surface area contributed by atoms with E-state index in [9.17, 15) is 22.4 Å². The van der Waals surface area contributed by atoms with Gasteiger partial charge in [-0.05, 0) is 55.3 Å². The molecule has 1 fully saturated rings. The Labute approximate surface area is 173 Å². The number of sulfonamides is 1. The smallest absolute Gasteiger partial charge is 0.248 e. The molecule has 0 bridgehead atoms. The Bertz CT molecular complexity index is 1050. The van der Waals surface area contributed by atoms with E-state index in [1.165, 1.54) is 29.6 Å². The van der Waals surface area contributed by atoms with Gasteiger partial charge in [0.25, 0.3) is 0 Å². The third-order valence-corrected chi connectivity index (χ3v) is 6.93. The van der Waals surface area contributed by atoms with Crippen LogP contribution in [-0.2, 0) is 14.8 Å². The van der Waals surface area contributed by atoms with Crippen LogP contribution in [-0.4, -0.2) is 44.7 Å². The molecule has 1 aliphatic rings. The second-order valence-electron chi connectivity index (χ2n) is 6.90. The summed E-state index contributed by atoms with van der Waals surface area (Å²) in [5.74, 6) is -1.78. The molecule has 1 aliphatic heterocycles. The van der Waals surface area contributed by atoms with Crippen LogP contribution in [0.5, 0.6) is 5.75 Å². The van der Waals surface area contributed by atoms with Crippen molar-refractivity contribution in [3.8, 4) is 5.75 Å². The normalized spacial score (nSPS) is 15.5. The fraction of sp³-hybridized carbons (Fsp3) is 0.300. The van der Waals surface area contributed by atoms with Crippen LogP contribution in [0.2, 0.25) is 0 Å². The molecule has 8 nitrogen and oxygen atoms in total. The van der Waals surface area contributed by atoms with E-state index < -0.39 is 21.7 Å². The van der Waals surface area contributed by atoms with E-state index in [1.807, 2.05) is 0 Å². The predicted octanol–water partition coefficient (Wildman–Crippen LogP) is 1.97. The van der Waals surface area contributed by atoms with Gasteiger partial charge in [0.2, 0.25) is 21.8 Å². The van der Waals surface area contributed by atoms with E-state index in [1.54, 1.807) is 12.1 Å². The van der Waals surface area contributed by atoms with Crippen LogP contribution in [0, 0.1) is 11.7 Å². The first-order valence-electron chi connectivity index (χ1n) is 9.27. The highest BCUT2D eigenvalue weighted by molar-refractivity contribution is 7.89. The summed E-state index contributed by atoms with van der Waals surface area (Å²) >= 11 is 0. The highest BCUT2D eigenvalue weighted by atomic mass is 32.2. The van der Waals surface area contributed by atoms with Crippen molar-refractivity contribution < 1.29 is 27.1 Å². The number of nitrogens with zero attached hydrogens (tertiary/aromatic N) is 1. The molecule has 0 spiro atoms. The average molecular weight is 435 g/mol. The van der Waals surface area contributed by atoms with Crippen LogP contribution in [0.25, 0.3) is 0 Å². The quantitative estimate of drug-likeness (QED) is 0.719. The molecule has 0 radical (unpaired) electrons. The first-order valence-corrected chi connectivity index (χ1v) is 10.7. The number of piperidine rings is 1. The number of primary amides is 1. The van der Waals surface area contributed by atoms with E-state index >= 15 is 0 Å². The van der Waals surface area contributed by atoms with E-state index in [0.717, 1.165) is 12.1 Å². The minimum absolute atomic E-state index is 0.0654. The summed E-state index contributed by atoms with van der Waals surface area (Å²) in [7, 11) is -2.64. The third-order valence-electron chi connectivity index (χ3n) is 5.01. The number of hydrogen-bond acceptors (Lipinski definition) is 5. The zero-order chi connectivity index (χ0) is 21.9. The lowest BCUT2D eigenvalue weighted by molar-refractivity contribution is -0.120. The summed E-state index contributed by atoms with van der Waals surface area (Å²) in [4.78, 5) is 23.4. The maximum absolute atomic E-state index is 13.6. The number of anilines is 1. The second kappa shape index (κ2) is 8.80. The van der Waals surface area contributed by atoms with Crippen LogP contribution in [0.1, 0.15) is 23.2 Å². The van der Waals surface area contributed by atoms with Crippen LogP contribution in [0.15, 0.2) is 47.4 Å². The summed E-state index contributed by atoms with van der Waals surface area (Å²) in [6.07, 6.45) is 0.643. The number of hydrogen-bond donors (Lipinski definition) is 2. The summed E-state index contributed by atoms with van der Waals surface area (Å²) in [5, 5.41) is 2.76. The van der Waals surface area contributed by atoms with Gasteiger partial charge in [-0.1, -0.05) is 0 Å². The predicted molar refractivity (Wildman–Crippen MR) is 108 cm³/mol. The maximum atomic E-state index is 13.6. The largest absolute Gasteiger partial charge is 0.495 e. The van der Waals surface area contributed by atoms with Crippen LogP contribution in [0.4, 0.5) is 10.1 Å². The van der Waals surface area contributed by atoms with Crippen molar-refractivity contribution in [3.05, 3.63) is 53.8 Å². The van der Waals surface area contributed by atoms with Crippen molar-refractivity contribution >= 4 is 27.5 Å². The molecule has 30 heavy (non-hydrogen) atoms. The topological polar surface area (TPSA) is 119 Å². The Balaban J connectivity index is 1.64. The van der Waals surface area contributed by atoms with Crippen molar-refractivity contribution in [2.24, 2.45) is 11.7 Å². The van der Waals surface area contributed by atoms with E-state index in [-0.39, 0.29) is 35.6 Å². The molecular formula is C20H22FN3O5S. The van der Waals surface area contributed by atoms with Crippen molar-refractivity contribution in [1.82, 2.24) is 4.31 Å². The van der Waals surface area contributed by atoms with Crippen molar-refractivity contribution in [2.75, 3.05) is 25.5 Å². The van der Waals surface area contributed by atoms with Gasteiger partial charge in [0.05, 0.1) is 7.11 Å². The van der Waals surface area contributed by atoms with Crippen LogP contribution in [0.3, 0.4) is 0 Å². The SMILES string of the molecule is COc1ccc(F)cc1S(=O)(=O)N1CCC(C(=O)Nc2ccc(C(N)=O)cc2)CC1. The molecule has 3 rings (SSSR count).